The van der Waals surface area contributed by atoms with E-state index >= 15 is 0 Å². The summed E-state index contributed by atoms with van der Waals surface area (Å²) in [5.41, 5.74) is 5.61. The second-order valence-corrected chi connectivity index (χ2v) is 7.37. The lowest BCUT2D eigenvalue weighted by atomic mass is 10.1. The third-order valence-corrected chi connectivity index (χ3v) is 5.54. The van der Waals surface area contributed by atoms with Crippen molar-refractivity contribution >= 4 is 27.5 Å². The van der Waals surface area contributed by atoms with Crippen LogP contribution in [-0.2, 0) is 25.3 Å². The predicted molar refractivity (Wildman–Crippen MR) is 79.1 cm³/mol. The Labute approximate surface area is 133 Å². The van der Waals surface area contributed by atoms with Gasteiger partial charge in [0, 0.05) is 6.54 Å². The standard InChI is InChI=1S/C13H16ClFN2O4S/c1-8-12(13(16)18)17(4-5-21-8)22(19,20)7-9-2-3-11(15)10(14)6-9/h2-3,6,8,12H,4-5,7H2,1H3,(H2,16,18)/t8-,12+/m1/s1. The first-order chi connectivity index (χ1) is 10.2. The van der Waals surface area contributed by atoms with Gasteiger partial charge in [-0.2, -0.15) is 4.31 Å². The summed E-state index contributed by atoms with van der Waals surface area (Å²) in [7, 11) is -3.82. The molecule has 0 aliphatic carbocycles. The highest BCUT2D eigenvalue weighted by Crippen LogP contribution is 2.23. The van der Waals surface area contributed by atoms with E-state index < -0.39 is 39.6 Å². The molecular formula is C13H16ClFN2O4S. The van der Waals surface area contributed by atoms with Crippen LogP contribution in [-0.4, -0.2) is 43.9 Å². The number of rotatable bonds is 4. The number of amides is 1. The Morgan fingerprint density at radius 3 is 2.82 bits per heavy atom. The molecule has 0 spiro atoms. The van der Waals surface area contributed by atoms with Crippen molar-refractivity contribution in [3.8, 4) is 0 Å². The van der Waals surface area contributed by atoms with Crippen LogP contribution in [0.15, 0.2) is 18.2 Å². The molecular weight excluding hydrogens is 335 g/mol. The van der Waals surface area contributed by atoms with E-state index in [1.165, 1.54) is 12.1 Å². The normalized spacial score (nSPS) is 23.4. The van der Waals surface area contributed by atoms with Crippen LogP contribution < -0.4 is 5.73 Å². The number of benzene rings is 1. The Bertz CT molecular complexity index is 683. The zero-order valence-corrected chi connectivity index (χ0v) is 13.4. The van der Waals surface area contributed by atoms with Crippen LogP contribution in [0.5, 0.6) is 0 Å². The average Bonchev–Trinajstić information content (AvgIpc) is 2.42. The van der Waals surface area contributed by atoms with Gasteiger partial charge in [-0.1, -0.05) is 17.7 Å². The fraction of sp³-hybridized carbons (Fsp3) is 0.462. The molecule has 9 heteroatoms. The highest BCUT2D eigenvalue weighted by Gasteiger charge is 2.40. The molecule has 1 heterocycles. The molecule has 2 atom stereocenters. The first-order valence-electron chi connectivity index (χ1n) is 6.57. The highest BCUT2D eigenvalue weighted by atomic mass is 35.5. The second-order valence-electron chi connectivity index (χ2n) is 5.04. The van der Waals surface area contributed by atoms with Crippen LogP contribution >= 0.6 is 11.6 Å². The van der Waals surface area contributed by atoms with Crippen molar-refractivity contribution in [3.63, 3.8) is 0 Å². The molecule has 1 saturated heterocycles. The van der Waals surface area contributed by atoms with Crippen molar-refractivity contribution in [1.29, 1.82) is 0 Å². The van der Waals surface area contributed by atoms with Crippen LogP contribution in [0.1, 0.15) is 12.5 Å². The van der Waals surface area contributed by atoms with E-state index in [1.54, 1.807) is 6.92 Å². The van der Waals surface area contributed by atoms with Gasteiger partial charge in [-0.3, -0.25) is 4.79 Å². The van der Waals surface area contributed by atoms with Gasteiger partial charge in [0.1, 0.15) is 11.9 Å². The minimum Gasteiger partial charge on any atom is -0.375 e. The predicted octanol–water partition coefficient (Wildman–Crippen LogP) is 0.884. The lowest BCUT2D eigenvalue weighted by molar-refractivity contribution is -0.130. The number of morpholine rings is 1. The average molecular weight is 351 g/mol. The van der Waals surface area contributed by atoms with Crippen LogP contribution in [0.2, 0.25) is 5.02 Å². The third kappa shape index (κ3) is 3.57. The Kier molecular flexibility index (Phi) is 5.06. The van der Waals surface area contributed by atoms with Gasteiger partial charge in [0.2, 0.25) is 15.9 Å². The van der Waals surface area contributed by atoms with Crippen molar-refractivity contribution in [2.75, 3.05) is 13.2 Å². The van der Waals surface area contributed by atoms with Gasteiger partial charge in [0.05, 0.1) is 23.5 Å². The van der Waals surface area contributed by atoms with Gasteiger partial charge in [-0.05, 0) is 24.6 Å². The first-order valence-corrected chi connectivity index (χ1v) is 8.55. The number of primary amides is 1. The van der Waals surface area contributed by atoms with E-state index in [4.69, 9.17) is 22.1 Å². The number of carbonyl (C=O) groups excluding carboxylic acids is 1. The Morgan fingerprint density at radius 1 is 1.55 bits per heavy atom. The zero-order valence-electron chi connectivity index (χ0n) is 11.8. The highest BCUT2D eigenvalue weighted by molar-refractivity contribution is 7.88. The summed E-state index contributed by atoms with van der Waals surface area (Å²) in [5, 5.41) is -0.158. The molecule has 0 bridgehead atoms. The molecule has 1 aromatic carbocycles. The number of sulfonamides is 1. The number of carbonyl (C=O) groups is 1. The van der Waals surface area contributed by atoms with Gasteiger partial charge >= 0.3 is 0 Å². The molecule has 1 aliphatic rings. The van der Waals surface area contributed by atoms with Crippen molar-refractivity contribution in [3.05, 3.63) is 34.6 Å². The SMILES string of the molecule is C[C@H]1OCCN(S(=O)(=O)Cc2ccc(F)c(Cl)c2)[C@@H]1C(N)=O. The van der Waals surface area contributed by atoms with Crippen LogP contribution in [0.3, 0.4) is 0 Å². The van der Waals surface area contributed by atoms with E-state index in [9.17, 15) is 17.6 Å². The summed E-state index contributed by atoms with van der Waals surface area (Å²) in [6, 6.07) is 2.62. The number of nitrogens with two attached hydrogens (primary N) is 1. The minimum absolute atomic E-state index is 0.0369. The Morgan fingerprint density at radius 2 is 2.23 bits per heavy atom. The lowest BCUT2D eigenvalue weighted by Gasteiger charge is -2.36. The van der Waals surface area contributed by atoms with E-state index in [-0.39, 0.29) is 18.2 Å². The number of ether oxygens (including phenoxy) is 1. The van der Waals surface area contributed by atoms with Gasteiger partial charge in [-0.15, -0.1) is 0 Å². The number of halogens is 2. The van der Waals surface area contributed by atoms with Gasteiger partial charge in [-0.25, -0.2) is 12.8 Å². The van der Waals surface area contributed by atoms with Crippen LogP contribution in [0.25, 0.3) is 0 Å². The molecule has 1 amide bonds. The first kappa shape index (κ1) is 17.1. The summed E-state index contributed by atoms with van der Waals surface area (Å²) in [5.74, 6) is -1.80. The van der Waals surface area contributed by atoms with Crippen molar-refractivity contribution in [2.24, 2.45) is 5.73 Å². The third-order valence-electron chi connectivity index (χ3n) is 3.43. The van der Waals surface area contributed by atoms with E-state index in [2.05, 4.69) is 0 Å². The molecule has 1 aliphatic heterocycles. The summed E-state index contributed by atoms with van der Waals surface area (Å²) in [6.07, 6.45) is -0.627. The van der Waals surface area contributed by atoms with Crippen LogP contribution in [0, 0.1) is 5.82 Å². The van der Waals surface area contributed by atoms with Crippen molar-refractivity contribution in [2.45, 2.75) is 24.8 Å². The molecule has 0 aromatic heterocycles. The second kappa shape index (κ2) is 6.49. The van der Waals surface area contributed by atoms with Crippen molar-refractivity contribution in [1.82, 2.24) is 4.31 Å². The molecule has 0 radical (unpaired) electrons. The summed E-state index contributed by atoms with van der Waals surface area (Å²) in [4.78, 5) is 11.5. The molecule has 122 valence electrons. The topological polar surface area (TPSA) is 89.7 Å². The maximum Gasteiger partial charge on any atom is 0.238 e. The van der Waals surface area contributed by atoms with Gasteiger partial charge in [0.15, 0.2) is 0 Å². The molecule has 22 heavy (non-hydrogen) atoms. The summed E-state index contributed by atoms with van der Waals surface area (Å²) >= 11 is 5.65. The Hall–Kier alpha value is -1.22. The zero-order chi connectivity index (χ0) is 16.5. The number of hydrogen-bond donors (Lipinski definition) is 1. The fourth-order valence-corrected chi connectivity index (χ4v) is 4.35. The fourth-order valence-electron chi connectivity index (χ4n) is 2.40. The van der Waals surface area contributed by atoms with E-state index in [1.807, 2.05) is 0 Å². The largest absolute Gasteiger partial charge is 0.375 e. The van der Waals surface area contributed by atoms with Gasteiger partial charge < -0.3 is 10.5 Å². The maximum absolute atomic E-state index is 13.1. The van der Waals surface area contributed by atoms with Gasteiger partial charge in [0.25, 0.3) is 0 Å². The molecule has 6 nitrogen and oxygen atoms in total. The van der Waals surface area contributed by atoms with E-state index in [0.717, 1.165) is 10.4 Å². The quantitative estimate of drug-likeness (QED) is 0.873. The number of hydrogen-bond acceptors (Lipinski definition) is 4. The monoisotopic (exact) mass is 350 g/mol. The summed E-state index contributed by atoms with van der Waals surface area (Å²) < 4.78 is 44.5. The molecule has 0 unspecified atom stereocenters. The molecule has 2 N–H and O–H groups in total. The molecule has 2 rings (SSSR count). The number of nitrogens with zero attached hydrogens (tertiary/aromatic N) is 1. The minimum atomic E-state index is -3.82. The lowest BCUT2D eigenvalue weighted by Crippen LogP contribution is -2.58. The smallest absolute Gasteiger partial charge is 0.238 e. The summed E-state index contributed by atoms with van der Waals surface area (Å²) in [6.45, 7) is 1.80. The molecule has 1 aromatic rings. The molecule has 0 saturated carbocycles. The Balaban J connectivity index is 2.28. The molecule has 1 fully saturated rings. The van der Waals surface area contributed by atoms with Crippen molar-refractivity contribution < 1.29 is 22.3 Å². The maximum atomic E-state index is 13.1. The van der Waals surface area contributed by atoms with E-state index in [0.29, 0.717) is 5.56 Å². The van der Waals surface area contributed by atoms with Crippen LogP contribution in [0.4, 0.5) is 4.39 Å².